The molecule has 0 radical (unpaired) electrons. The zero-order valence-electron chi connectivity index (χ0n) is 16.9. The van der Waals surface area contributed by atoms with E-state index in [0.29, 0.717) is 12.8 Å². The molecule has 0 saturated heterocycles. The zero-order chi connectivity index (χ0) is 19.5. The molecule has 0 fully saturated rings. The van der Waals surface area contributed by atoms with Gasteiger partial charge in [-0.2, -0.15) is 0 Å². The third-order valence-corrected chi connectivity index (χ3v) is 4.37. The second kappa shape index (κ2) is 19.2. The molecule has 0 rings (SSSR count). The largest absolute Gasteiger partial charge is 0.481 e. The highest BCUT2D eigenvalue weighted by molar-refractivity contribution is 5.70. The van der Waals surface area contributed by atoms with Crippen LogP contribution < -0.4 is 5.32 Å². The van der Waals surface area contributed by atoms with Crippen LogP contribution in [0.3, 0.4) is 0 Å². The van der Waals surface area contributed by atoms with Crippen LogP contribution in [0.5, 0.6) is 0 Å². The number of unbranched alkanes of at least 4 members (excludes halogenated alkanes) is 3. The van der Waals surface area contributed by atoms with E-state index in [0.717, 1.165) is 64.5 Å². The van der Waals surface area contributed by atoms with Gasteiger partial charge in [-0.3, -0.25) is 9.59 Å². The van der Waals surface area contributed by atoms with E-state index in [1.54, 1.807) is 0 Å². The maximum absolute atomic E-state index is 11.1. The van der Waals surface area contributed by atoms with Crippen LogP contribution in [0.2, 0.25) is 0 Å². The van der Waals surface area contributed by atoms with Crippen LogP contribution >= 0.6 is 0 Å². The fourth-order valence-corrected chi connectivity index (χ4v) is 2.72. The normalized spacial score (nSPS) is 12.8. The Labute approximate surface area is 154 Å². The van der Waals surface area contributed by atoms with Gasteiger partial charge in [-0.05, 0) is 38.8 Å². The molecular formula is C20H41NO4. The van der Waals surface area contributed by atoms with E-state index in [-0.39, 0.29) is 11.8 Å². The standard InChI is InChI=1S/C16H30O4.C4H11N/c1-3-5-9-13(15(17)18)11-7-8-12-14(16(19)20)10-6-4-2;1-3-5-4-2/h13-14H,3-12H2,1-2H3,(H,17,18)(H,19,20);5H,3-4H2,1-2H3. The summed E-state index contributed by atoms with van der Waals surface area (Å²) in [4.78, 5) is 22.2. The van der Waals surface area contributed by atoms with Gasteiger partial charge in [-0.1, -0.05) is 66.2 Å². The minimum absolute atomic E-state index is 0.256. The van der Waals surface area contributed by atoms with Crippen molar-refractivity contribution in [3.8, 4) is 0 Å². The lowest BCUT2D eigenvalue weighted by Gasteiger charge is -2.14. The lowest BCUT2D eigenvalue weighted by Crippen LogP contribution is -2.15. The first-order chi connectivity index (χ1) is 11.9. The Morgan fingerprint density at radius 3 is 1.20 bits per heavy atom. The topological polar surface area (TPSA) is 86.6 Å². The van der Waals surface area contributed by atoms with Gasteiger partial charge in [0.15, 0.2) is 0 Å². The molecule has 2 atom stereocenters. The van der Waals surface area contributed by atoms with Crippen molar-refractivity contribution in [2.45, 2.75) is 91.9 Å². The Hall–Kier alpha value is -1.10. The van der Waals surface area contributed by atoms with Crippen LogP contribution in [0.1, 0.15) is 91.9 Å². The molecule has 0 saturated carbocycles. The molecule has 0 aliphatic rings. The highest BCUT2D eigenvalue weighted by atomic mass is 16.4. The van der Waals surface area contributed by atoms with Crippen LogP contribution in [-0.4, -0.2) is 35.2 Å². The SMILES string of the molecule is CCCCC(CCCCC(CCCC)C(=O)O)C(=O)O.CCNCC. The maximum atomic E-state index is 11.1. The molecule has 150 valence electrons. The summed E-state index contributed by atoms with van der Waals surface area (Å²) in [6.45, 7) is 10.5. The van der Waals surface area contributed by atoms with Crippen molar-refractivity contribution >= 4 is 11.9 Å². The predicted molar refractivity (Wildman–Crippen MR) is 104 cm³/mol. The predicted octanol–water partition coefficient (Wildman–Crippen LogP) is 4.94. The highest BCUT2D eigenvalue weighted by Gasteiger charge is 2.18. The second-order valence-corrected chi connectivity index (χ2v) is 6.60. The lowest BCUT2D eigenvalue weighted by molar-refractivity contribution is -0.143. The summed E-state index contributed by atoms with van der Waals surface area (Å²) in [5.74, 6) is -1.93. The average Bonchev–Trinajstić information content (AvgIpc) is 2.57. The molecule has 0 amide bonds. The second-order valence-electron chi connectivity index (χ2n) is 6.60. The Morgan fingerprint density at radius 2 is 1.00 bits per heavy atom. The number of aliphatic carboxylic acids is 2. The van der Waals surface area contributed by atoms with Crippen LogP contribution in [0.4, 0.5) is 0 Å². The van der Waals surface area contributed by atoms with Crippen molar-refractivity contribution in [2.75, 3.05) is 13.1 Å². The Morgan fingerprint density at radius 1 is 0.680 bits per heavy atom. The first-order valence-corrected chi connectivity index (χ1v) is 10.1. The first-order valence-electron chi connectivity index (χ1n) is 10.1. The van der Waals surface area contributed by atoms with Crippen LogP contribution in [-0.2, 0) is 9.59 Å². The first kappa shape index (κ1) is 26.1. The van der Waals surface area contributed by atoms with E-state index in [4.69, 9.17) is 10.2 Å². The maximum Gasteiger partial charge on any atom is 0.306 e. The van der Waals surface area contributed by atoms with E-state index < -0.39 is 11.9 Å². The molecule has 0 aliphatic heterocycles. The molecule has 0 bridgehead atoms. The minimum Gasteiger partial charge on any atom is -0.481 e. The fourth-order valence-electron chi connectivity index (χ4n) is 2.72. The van der Waals surface area contributed by atoms with Gasteiger partial charge >= 0.3 is 11.9 Å². The molecule has 3 N–H and O–H groups in total. The Bertz CT molecular complexity index is 291. The molecule has 0 aromatic heterocycles. The van der Waals surface area contributed by atoms with Crippen molar-refractivity contribution < 1.29 is 19.8 Å². The third kappa shape index (κ3) is 17.5. The highest BCUT2D eigenvalue weighted by Crippen LogP contribution is 2.21. The van der Waals surface area contributed by atoms with Crippen LogP contribution in [0.15, 0.2) is 0 Å². The van der Waals surface area contributed by atoms with Gasteiger partial charge in [-0.25, -0.2) is 0 Å². The summed E-state index contributed by atoms with van der Waals surface area (Å²) in [5.41, 5.74) is 0. The summed E-state index contributed by atoms with van der Waals surface area (Å²) in [6.07, 6.45) is 8.40. The monoisotopic (exact) mass is 359 g/mol. The van der Waals surface area contributed by atoms with Crippen molar-refractivity contribution in [2.24, 2.45) is 11.8 Å². The zero-order valence-corrected chi connectivity index (χ0v) is 16.9. The van der Waals surface area contributed by atoms with Crippen molar-refractivity contribution in [1.82, 2.24) is 5.32 Å². The quantitative estimate of drug-likeness (QED) is 0.360. The van der Waals surface area contributed by atoms with E-state index >= 15 is 0 Å². The smallest absolute Gasteiger partial charge is 0.306 e. The number of hydrogen-bond acceptors (Lipinski definition) is 3. The molecule has 0 spiro atoms. The van der Waals surface area contributed by atoms with Crippen LogP contribution in [0.25, 0.3) is 0 Å². The summed E-state index contributed by atoms with van der Waals surface area (Å²) >= 11 is 0. The summed E-state index contributed by atoms with van der Waals surface area (Å²) in [6, 6.07) is 0. The van der Waals surface area contributed by atoms with E-state index in [1.807, 2.05) is 0 Å². The van der Waals surface area contributed by atoms with Crippen molar-refractivity contribution in [3.63, 3.8) is 0 Å². The number of hydrogen-bond donors (Lipinski definition) is 3. The molecular weight excluding hydrogens is 318 g/mol. The molecule has 0 heterocycles. The van der Waals surface area contributed by atoms with Crippen molar-refractivity contribution in [1.29, 1.82) is 0 Å². The van der Waals surface area contributed by atoms with Crippen molar-refractivity contribution in [3.05, 3.63) is 0 Å². The van der Waals surface area contributed by atoms with Crippen LogP contribution in [0, 0.1) is 11.8 Å². The molecule has 25 heavy (non-hydrogen) atoms. The van der Waals surface area contributed by atoms with Gasteiger partial charge in [-0.15, -0.1) is 0 Å². The van der Waals surface area contributed by atoms with Gasteiger partial charge < -0.3 is 15.5 Å². The number of carboxylic acids is 2. The lowest BCUT2D eigenvalue weighted by atomic mass is 9.92. The number of carbonyl (C=O) groups is 2. The van der Waals surface area contributed by atoms with E-state index in [2.05, 4.69) is 33.0 Å². The molecule has 0 aromatic rings. The van der Waals surface area contributed by atoms with Gasteiger partial charge in [0, 0.05) is 0 Å². The Balaban J connectivity index is 0. The summed E-state index contributed by atoms with van der Waals surface area (Å²) < 4.78 is 0. The Kier molecular flexibility index (Phi) is 20.1. The molecule has 0 aromatic carbocycles. The summed E-state index contributed by atoms with van der Waals surface area (Å²) in [5, 5.41) is 21.3. The molecule has 5 nitrogen and oxygen atoms in total. The molecule has 5 heteroatoms. The van der Waals surface area contributed by atoms with E-state index in [9.17, 15) is 9.59 Å². The number of carboxylic acid groups (broad SMARTS) is 2. The van der Waals surface area contributed by atoms with Gasteiger partial charge in [0.05, 0.1) is 11.8 Å². The average molecular weight is 360 g/mol. The summed E-state index contributed by atoms with van der Waals surface area (Å²) in [7, 11) is 0. The van der Waals surface area contributed by atoms with Gasteiger partial charge in [0.1, 0.15) is 0 Å². The fraction of sp³-hybridized carbons (Fsp3) is 0.900. The minimum atomic E-state index is -0.709. The third-order valence-electron chi connectivity index (χ3n) is 4.37. The van der Waals surface area contributed by atoms with Gasteiger partial charge in [0.2, 0.25) is 0 Å². The number of nitrogens with one attached hydrogen (secondary N) is 1. The molecule has 0 aliphatic carbocycles. The van der Waals surface area contributed by atoms with E-state index in [1.165, 1.54) is 0 Å². The number of rotatable bonds is 15. The van der Waals surface area contributed by atoms with Gasteiger partial charge in [0.25, 0.3) is 0 Å². The molecule has 2 unspecified atom stereocenters.